The molecular formula is C23H23NO4Se. The Morgan fingerprint density at radius 1 is 0.897 bits per heavy atom. The summed E-state index contributed by atoms with van der Waals surface area (Å²) in [4.78, 5) is 25.5. The van der Waals surface area contributed by atoms with Crippen LogP contribution in [0.15, 0.2) is 83.2 Å². The summed E-state index contributed by atoms with van der Waals surface area (Å²) >= 11 is 0.118. The van der Waals surface area contributed by atoms with Crippen LogP contribution in [0.5, 0.6) is 0 Å². The summed E-state index contributed by atoms with van der Waals surface area (Å²) in [5, 5.41) is 3.97. The van der Waals surface area contributed by atoms with Crippen molar-refractivity contribution in [3.05, 3.63) is 88.8 Å². The summed E-state index contributed by atoms with van der Waals surface area (Å²) in [5.74, 6) is -1.45. The Hall–Kier alpha value is -2.82. The van der Waals surface area contributed by atoms with Gasteiger partial charge in [0.1, 0.15) is 0 Å². The van der Waals surface area contributed by atoms with Crippen LogP contribution in [0.3, 0.4) is 0 Å². The summed E-state index contributed by atoms with van der Waals surface area (Å²) in [6.45, 7) is 1.84. The summed E-state index contributed by atoms with van der Waals surface area (Å²) in [5.41, 5.74) is 3.22. The fourth-order valence-corrected chi connectivity index (χ4v) is 5.26. The third-order valence-corrected chi connectivity index (χ3v) is 6.89. The standard InChI is InChI=1S/C23H23NO4Se/c1-15-19(22(25)27-2)20(16-10-6-4-7-11-16)21(23(26)28-3)18(24-15)14-29-17-12-8-5-9-13-17/h4-13,20,24H,14H2,1-3H3. The second-order valence-corrected chi connectivity index (χ2v) is 8.68. The second-order valence-electron chi connectivity index (χ2n) is 6.48. The van der Waals surface area contributed by atoms with E-state index in [4.69, 9.17) is 9.47 Å². The first-order valence-corrected chi connectivity index (χ1v) is 11.2. The molecule has 2 aromatic rings. The maximum absolute atomic E-state index is 12.8. The molecule has 1 unspecified atom stereocenters. The average molecular weight is 456 g/mol. The number of rotatable bonds is 6. The van der Waals surface area contributed by atoms with Crippen LogP contribution in [-0.4, -0.2) is 41.1 Å². The van der Waals surface area contributed by atoms with Crippen molar-refractivity contribution in [2.24, 2.45) is 0 Å². The van der Waals surface area contributed by atoms with E-state index >= 15 is 0 Å². The normalized spacial score (nSPS) is 16.3. The first-order valence-electron chi connectivity index (χ1n) is 9.17. The number of nitrogens with one attached hydrogen (secondary N) is 1. The van der Waals surface area contributed by atoms with Gasteiger partial charge in [0.15, 0.2) is 0 Å². The predicted molar refractivity (Wildman–Crippen MR) is 113 cm³/mol. The van der Waals surface area contributed by atoms with E-state index in [2.05, 4.69) is 17.4 Å². The molecule has 0 saturated heterocycles. The average Bonchev–Trinajstić information content (AvgIpc) is 2.77. The van der Waals surface area contributed by atoms with Gasteiger partial charge in [-0.05, 0) is 0 Å². The number of ether oxygens (including phenoxy) is 2. The number of benzene rings is 2. The van der Waals surface area contributed by atoms with Gasteiger partial charge >= 0.3 is 177 Å². The van der Waals surface area contributed by atoms with E-state index in [1.807, 2.05) is 55.5 Å². The van der Waals surface area contributed by atoms with Crippen molar-refractivity contribution < 1.29 is 19.1 Å². The minimum atomic E-state index is -0.543. The zero-order valence-corrected chi connectivity index (χ0v) is 18.3. The third kappa shape index (κ3) is 4.61. The summed E-state index contributed by atoms with van der Waals surface area (Å²) < 4.78 is 11.4. The molecule has 0 amide bonds. The number of dihydropyridines is 1. The number of esters is 2. The van der Waals surface area contributed by atoms with E-state index in [0.29, 0.717) is 22.2 Å². The van der Waals surface area contributed by atoms with Gasteiger partial charge in [-0.3, -0.25) is 0 Å². The zero-order valence-electron chi connectivity index (χ0n) is 16.6. The molecular weight excluding hydrogens is 433 g/mol. The molecule has 1 N–H and O–H groups in total. The Morgan fingerprint density at radius 2 is 1.45 bits per heavy atom. The van der Waals surface area contributed by atoms with Crippen LogP contribution in [0.25, 0.3) is 0 Å². The molecule has 0 aromatic heterocycles. The molecule has 1 heterocycles. The number of carbonyl (C=O) groups is 2. The van der Waals surface area contributed by atoms with Gasteiger partial charge in [0.05, 0.1) is 0 Å². The fraction of sp³-hybridized carbons (Fsp3) is 0.217. The van der Waals surface area contributed by atoms with E-state index in [0.717, 1.165) is 11.3 Å². The molecule has 29 heavy (non-hydrogen) atoms. The van der Waals surface area contributed by atoms with E-state index < -0.39 is 17.9 Å². The molecule has 2 aromatic carbocycles. The molecule has 0 spiro atoms. The molecule has 1 aliphatic rings. The van der Waals surface area contributed by atoms with E-state index in [9.17, 15) is 9.59 Å². The van der Waals surface area contributed by atoms with Crippen LogP contribution < -0.4 is 9.78 Å². The van der Waals surface area contributed by atoms with Gasteiger partial charge in [0, 0.05) is 0 Å². The van der Waals surface area contributed by atoms with Gasteiger partial charge in [-0.25, -0.2) is 0 Å². The predicted octanol–water partition coefficient (Wildman–Crippen LogP) is 2.70. The molecule has 150 valence electrons. The van der Waals surface area contributed by atoms with Crippen molar-refractivity contribution in [1.82, 2.24) is 5.32 Å². The molecule has 1 aliphatic heterocycles. The topological polar surface area (TPSA) is 64.6 Å². The monoisotopic (exact) mass is 457 g/mol. The molecule has 0 radical (unpaired) electrons. The van der Waals surface area contributed by atoms with Crippen molar-refractivity contribution in [1.29, 1.82) is 0 Å². The van der Waals surface area contributed by atoms with Crippen LogP contribution in [0.4, 0.5) is 0 Å². The second kappa shape index (κ2) is 9.59. The molecule has 3 rings (SSSR count). The fourth-order valence-electron chi connectivity index (χ4n) is 3.39. The number of allylic oxidation sites excluding steroid dienone is 2. The first kappa shape index (κ1) is 20.9. The van der Waals surface area contributed by atoms with Crippen LogP contribution in [0, 0.1) is 0 Å². The minimum absolute atomic E-state index is 0.118. The molecule has 0 fully saturated rings. The zero-order chi connectivity index (χ0) is 20.8. The van der Waals surface area contributed by atoms with Gasteiger partial charge in [-0.2, -0.15) is 0 Å². The van der Waals surface area contributed by atoms with E-state index in [1.54, 1.807) is 0 Å². The Kier molecular flexibility index (Phi) is 6.91. The van der Waals surface area contributed by atoms with Crippen molar-refractivity contribution in [2.75, 3.05) is 14.2 Å². The van der Waals surface area contributed by atoms with E-state index in [1.165, 1.54) is 18.7 Å². The summed E-state index contributed by atoms with van der Waals surface area (Å²) in [6.07, 6.45) is 0. The molecule has 0 bridgehead atoms. The Labute approximate surface area is 176 Å². The molecule has 6 heteroatoms. The van der Waals surface area contributed by atoms with Crippen LogP contribution in [0.2, 0.25) is 5.32 Å². The van der Waals surface area contributed by atoms with Crippen molar-refractivity contribution >= 4 is 31.4 Å². The quantitative estimate of drug-likeness (QED) is 0.535. The Morgan fingerprint density at radius 3 is 2.03 bits per heavy atom. The van der Waals surface area contributed by atoms with Crippen molar-refractivity contribution in [3.63, 3.8) is 0 Å². The van der Waals surface area contributed by atoms with Crippen molar-refractivity contribution in [3.8, 4) is 0 Å². The van der Waals surface area contributed by atoms with Crippen LogP contribution in [-0.2, 0) is 19.1 Å². The number of methoxy groups -OCH3 is 2. The van der Waals surface area contributed by atoms with Gasteiger partial charge in [0.25, 0.3) is 0 Å². The summed E-state index contributed by atoms with van der Waals surface area (Å²) in [7, 11) is 2.71. The Bertz CT molecular complexity index is 951. The first-order chi connectivity index (χ1) is 14.1. The van der Waals surface area contributed by atoms with Crippen LogP contribution in [0.1, 0.15) is 18.4 Å². The van der Waals surface area contributed by atoms with Gasteiger partial charge in [-0.1, -0.05) is 0 Å². The molecule has 0 aliphatic carbocycles. The maximum atomic E-state index is 12.8. The van der Waals surface area contributed by atoms with Crippen molar-refractivity contribution in [2.45, 2.75) is 18.2 Å². The number of carbonyl (C=O) groups excluding carboxylic acids is 2. The molecule has 5 nitrogen and oxygen atoms in total. The molecule has 0 saturated carbocycles. The molecule has 1 atom stereocenters. The van der Waals surface area contributed by atoms with Gasteiger partial charge < -0.3 is 0 Å². The van der Waals surface area contributed by atoms with E-state index in [-0.39, 0.29) is 15.0 Å². The third-order valence-electron chi connectivity index (χ3n) is 4.71. The number of hydrogen-bond acceptors (Lipinski definition) is 5. The van der Waals surface area contributed by atoms with Gasteiger partial charge in [0.2, 0.25) is 0 Å². The Balaban J connectivity index is 2.09. The van der Waals surface area contributed by atoms with Gasteiger partial charge in [-0.15, -0.1) is 0 Å². The van der Waals surface area contributed by atoms with Crippen LogP contribution >= 0.6 is 0 Å². The SMILES string of the molecule is COC(=O)C1=C(C)NC(C[Se]c2ccccc2)=C(C(=O)OC)C1c1ccccc1. The summed E-state index contributed by atoms with van der Waals surface area (Å²) in [6, 6.07) is 19.7. The number of hydrogen-bond donors (Lipinski definition) is 1.